The van der Waals surface area contributed by atoms with E-state index < -0.39 is 10.0 Å². The fourth-order valence-electron chi connectivity index (χ4n) is 3.26. The summed E-state index contributed by atoms with van der Waals surface area (Å²) >= 11 is 5.92. The van der Waals surface area contributed by atoms with Crippen LogP contribution in [0.25, 0.3) is 0 Å². The van der Waals surface area contributed by atoms with Crippen molar-refractivity contribution in [1.29, 1.82) is 0 Å². The molecule has 3 rings (SSSR count). The van der Waals surface area contributed by atoms with Crippen LogP contribution >= 0.6 is 11.6 Å². The number of morpholine rings is 1. The van der Waals surface area contributed by atoms with Crippen molar-refractivity contribution >= 4 is 21.6 Å². The van der Waals surface area contributed by atoms with E-state index in [1.807, 2.05) is 0 Å². The molecule has 1 aromatic carbocycles. The van der Waals surface area contributed by atoms with E-state index in [4.69, 9.17) is 16.3 Å². The third-order valence-corrected chi connectivity index (χ3v) is 6.76. The lowest BCUT2D eigenvalue weighted by atomic mass is 9.97. The smallest absolute Gasteiger partial charge is 0.243 e. The quantitative estimate of drug-likeness (QED) is 0.826. The predicted octanol–water partition coefficient (Wildman–Crippen LogP) is 2.07. The Kier molecular flexibility index (Phi) is 5.59. The molecule has 0 bridgehead atoms. The second-order valence-corrected chi connectivity index (χ2v) is 8.59. The molecule has 0 radical (unpaired) electrons. The van der Waals surface area contributed by atoms with Gasteiger partial charge in [-0.3, -0.25) is 4.90 Å². The molecule has 0 atom stereocenters. The molecule has 0 N–H and O–H groups in total. The van der Waals surface area contributed by atoms with Gasteiger partial charge in [-0.05, 0) is 37.0 Å². The van der Waals surface area contributed by atoms with Crippen molar-refractivity contribution in [2.75, 3.05) is 45.9 Å². The van der Waals surface area contributed by atoms with E-state index in [0.29, 0.717) is 24.0 Å². The number of ether oxygens (including phenoxy) is 1. The molecule has 0 amide bonds. The van der Waals surface area contributed by atoms with Crippen molar-refractivity contribution in [3.05, 3.63) is 29.3 Å². The number of piperidine rings is 1. The minimum absolute atomic E-state index is 0.289. The number of hydrogen-bond acceptors (Lipinski definition) is 4. The average molecular weight is 359 g/mol. The Bertz CT molecular complexity index is 624. The zero-order chi connectivity index (χ0) is 16.3. The molecule has 0 saturated carbocycles. The summed E-state index contributed by atoms with van der Waals surface area (Å²) in [5, 5.41) is 0.452. The van der Waals surface area contributed by atoms with Crippen LogP contribution in [0.2, 0.25) is 5.02 Å². The van der Waals surface area contributed by atoms with E-state index in [1.54, 1.807) is 22.5 Å². The molecular formula is C16H23ClN2O3S. The second kappa shape index (κ2) is 7.49. The van der Waals surface area contributed by atoms with Crippen molar-refractivity contribution in [1.82, 2.24) is 9.21 Å². The number of hydrogen-bond donors (Lipinski definition) is 0. The minimum Gasteiger partial charge on any atom is -0.379 e. The monoisotopic (exact) mass is 358 g/mol. The van der Waals surface area contributed by atoms with Crippen molar-refractivity contribution in [3.63, 3.8) is 0 Å². The second-order valence-electron chi connectivity index (χ2n) is 6.22. The summed E-state index contributed by atoms with van der Waals surface area (Å²) in [6, 6.07) is 6.51. The van der Waals surface area contributed by atoms with Crippen LogP contribution < -0.4 is 0 Å². The van der Waals surface area contributed by atoms with Gasteiger partial charge in [0.05, 0.1) is 18.1 Å². The summed E-state index contributed by atoms with van der Waals surface area (Å²) in [7, 11) is -3.43. The van der Waals surface area contributed by atoms with Crippen LogP contribution in [0.15, 0.2) is 29.2 Å². The van der Waals surface area contributed by atoms with Gasteiger partial charge in [0.15, 0.2) is 0 Å². The van der Waals surface area contributed by atoms with Gasteiger partial charge in [0.25, 0.3) is 0 Å². The zero-order valence-corrected chi connectivity index (χ0v) is 14.7. The Morgan fingerprint density at radius 2 is 1.83 bits per heavy atom. The van der Waals surface area contributed by atoms with E-state index in [-0.39, 0.29) is 4.90 Å². The lowest BCUT2D eigenvalue weighted by Crippen LogP contribution is -2.44. The highest BCUT2D eigenvalue weighted by atomic mass is 35.5. The fourth-order valence-corrected chi connectivity index (χ4v) is 5.03. The molecule has 0 unspecified atom stereocenters. The molecule has 2 fully saturated rings. The number of rotatable bonds is 4. The largest absolute Gasteiger partial charge is 0.379 e. The van der Waals surface area contributed by atoms with Crippen molar-refractivity contribution in [2.24, 2.45) is 5.92 Å². The first-order chi connectivity index (χ1) is 11.1. The van der Waals surface area contributed by atoms with E-state index >= 15 is 0 Å². The van der Waals surface area contributed by atoms with Gasteiger partial charge < -0.3 is 4.74 Å². The van der Waals surface area contributed by atoms with Gasteiger partial charge in [-0.1, -0.05) is 17.7 Å². The summed E-state index contributed by atoms with van der Waals surface area (Å²) < 4.78 is 32.3. The molecule has 128 valence electrons. The summed E-state index contributed by atoms with van der Waals surface area (Å²) in [5.41, 5.74) is 0. The highest BCUT2D eigenvalue weighted by Crippen LogP contribution is 2.25. The molecule has 23 heavy (non-hydrogen) atoms. The van der Waals surface area contributed by atoms with Crippen molar-refractivity contribution in [2.45, 2.75) is 17.7 Å². The van der Waals surface area contributed by atoms with Gasteiger partial charge in [-0.25, -0.2) is 8.42 Å². The van der Waals surface area contributed by atoms with Crippen LogP contribution in [0, 0.1) is 5.92 Å². The normalized spacial score (nSPS) is 22.3. The summed E-state index contributed by atoms with van der Waals surface area (Å²) in [6.07, 6.45) is 1.83. The maximum atomic E-state index is 12.7. The van der Waals surface area contributed by atoms with Crippen LogP contribution in [0.3, 0.4) is 0 Å². The Hall–Kier alpha value is -0.660. The van der Waals surface area contributed by atoms with Gasteiger partial charge in [-0.15, -0.1) is 0 Å². The molecule has 2 heterocycles. The topological polar surface area (TPSA) is 49.9 Å². The number of sulfonamides is 1. The molecule has 5 nitrogen and oxygen atoms in total. The first-order valence-corrected chi connectivity index (χ1v) is 9.93. The highest BCUT2D eigenvalue weighted by Gasteiger charge is 2.30. The third-order valence-electron chi connectivity index (χ3n) is 4.63. The van der Waals surface area contributed by atoms with Crippen LogP contribution in [0.5, 0.6) is 0 Å². The highest BCUT2D eigenvalue weighted by molar-refractivity contribution is 7.89. The van der Waals surface area contributed by atoms with Gasteiger partial charge in [-0.2, -0.15) is 4.31 Å². The molecule has 0 spiro atoms. The van der Waals surface area contributed by atoms with E-state index in [9.17, 15) is 8.42 Å². The first-order valence-electron chi connectivity index (χ1n) is 8.11. The Morgan fingerprint density at radius 1 is 1.13 bits per heavy atom. The number of nitrogens with zero attached hydrogens (tertiary/aromatic N) is 2. The first kappa shape index (κ1) is 17.2. The molecule has 2 aliphatic rings. The van der Waals surface area contributed by atoms with Crippen LogP contribution in [0.4, 0.5) is 0 Å². The SMILES string of the molecule is O=S(=O)(c1cccc(Cl)c1)N1CCC(CN2CCOCC2)CC1. The maximum absolute atomic E-state index is 12.7. The fraction of sp³-hybridized carbons (Fsp3) is 0.625. The molecule has 2 aliphatic heterocycles. The Labute approximate surface area is 143 Å². The average Bonchev–Trinajstić information content (AvgIpc) is 2.56. The van der Waals surface area contributed by atoms with Gasteiger partial charge in [0.2, 0.25) is 10.0 Å². The number of halogens is 1. The molecule has 1 aromatic rings. The van der Waals surface area contributed by atoms with E-state index in [1.165, 1.54) is 6.07 Å². The molecule has 7 heteroatoms. The summed E-state index contributed by atoms with van der Waals surface area (Å²) in [5.74, 6) is 0.568. The van der Waals surface area contributed by atoms with Gasteiger partial charge >= 0.3 is 0 Å². The Balaban J connectivity index is 1.57. The predicted molar refractivity (Wildman–Crippen MR) is 90.2 cm³/mol. The van der Waals surface area contributed by atoms with E-state index in [0.717, 1.165) is 45.7 Å². The molecule has 0 aromatic heterocycles. The third kappa shape index (κ3) is 4.25. The van der Waals surface area contributed by atoms with Crippen LogP contribution in [-0.2, 0) is 14.8 Å². The van der Waals surface area contributed by atoms with E-state index in [2.05, 4.69) is 4.90 Å². The standard InChI is InChI=1S/C16H23ClN2O3S/c17-15-2-1-3-16(12-15)23(20,21)19-6-4-14(5-7-19)13-18-8-10-22-11-9-18/h1-3,12,14H,4-11,13H2. The van der Waals surface area contributed by atoms with Crippen molar-refractivity contribution < 1.29 is 13.2 Å². The lowest BCUT2D eigenvalue weighted by molar-refractivity contribution is 0.0269. The summed E-state index contributed by atoms with van der Waals surface area (Å²) in [4.78, 5) is 2.71. The van der Waals surface area contributed by atoms with Gasteiger partial charge in [0.1, 0.15) is 0 Å². The maximum Gasteiger partial charge on any atom is 0.243 e. The van der Waals surface area contributed by atoms with Crippen LogP contribution in [-0.4, -0.2) is 63.6 Å². The lowest BCUT2D eigenvalue weighted by Gasteiger charge is -2.35. The van der Waals surface area contributed by atoms with Gasteiger partial charge in [0, 0.05) is 37.7 Å². The number of benzene rings is 1. The zero-order valence-electron chi connectivity index (χ0n) is 13.2. The minimum atomic E-state index is -3.43. The molecule has 2 saturated heterocycles. The summed E-state index contributed by atoms with van der Waals surface area (Å²) in [6.45, 7) is 5.81. The Morgan fingerprint density at radius 3 is 2.48 bits per heavy atom. The van der Waals surface area contributed by atoms with Crippen LogP contribution in [0.1, 0.15) is 12.8 Å². The molecular weight excluding hydrogens is 336 g/mol. The molecule has 0 aliphatic carbocycles. The van der Waals surface area contributed by atoms with Crippen molar-refractivity contribution in [3.8, 4) is 0 Å².